The molecule has 114 valence electrons. The van der Waals surface area contributed by atoms with Crippen LogP contribution in [0.2, 0.25) is 0 Å². The summed E-state index contributed by atoms with van der Waals surface area (Å²) in [5, 5.41) is 8.12. The van der Waals surface area contributed by atoms with E-state index in [1.54, 1.807) is 12.4 Å². The molecule has 3 aromatic rings. The van der Waals surface area contributed by atoms with Crippen LogP contribution in [0.15, 0.2) is 47.1 Å². The highest BCUT2D eigenvalue weighted by molar-refractivity contribution is 7.85. The van der Waals surface area contributed by atoms with Crippen molar-refractivity contribution in [3.05, 3.63) is 42.2 Å². The summed E-state index contributed by atoms with van der Waals surface area (Å²) in [4.78, 5) is 8.19. The molecular formula is C16H18N4OS. The van der Waals surface area contributed by atoms with Gasteiger partial charge in [-0.3, -0.25) is 9.31 Å². The maximum absolute atomic E-state index is 12.3. The van der Waals surface area contributed by atoms with Crippen LogP contribution in [0.5, 0.6) is 0 Å². The monoisotopic (exact) mass is 314 g/mol. The van der Waals surface area contributed by atoms with Crippen LogP contribution in [-0.4, -0.2) is 30.1 Å². The highest BCUT2D eigenvalue weighted by atomic mass is 32.2. The first-order valence-corrected chi connectivity index (χ1v) is 8.46. The van der Waals surface area contributed by atoms with Gasteiger partial charge in [-0.25, -0.2) is 4.98 Å². The van der Waals surface area contributed by atoms with E-state index < -0.39 is 10.8 Å². The summed E-state index contributed by atoms with van der Waals surface area (Å²) >= 11 is 0. The molecule has 1 unspecified atom stereocenters. The van der Waals surface area contributed by atoms with Crippen molar-refractivity contribution in [3.63, 3.8) is 0 Å². The fourth-order valence-corrected chi connectivity index (χ4v) is 3.29. The minimum Gasteiger partial charge on any atom is -0.359 e. The fourth-order valence-electron chi connectivity index (χ4n) is 2.28. The van der Waals surface area contributed by atoms with Crippen LogP contribution in [0.4, 0.5) is 0 Å². The van der Waals surface area contributed by atoms with Gasteiger partial charge in [-0.2, -0.15) is 5.10 Å². The average Bonchev–Trinajstić information content (AvgIpc) is 3.13. The van der Waals surface area contributed by atoms with Gasteiger partial charge in [0.1, 0.15) is 0 Å². The van der Waals surface area contributed by atoms with E-state index in [0.29, 0.717) is 11.4 Å². The summed E-state index contributed by atoms with van der Waals surface area (Å²) < 4.78 is 12.3. The van der Waals surface area contributed by atoms with Crippen molar-refractivity contribution >= 4 is 21.8 Å². The second-order valence-corrected chi connectivity index (χ2v) is 6.91. The molecule has 0 bridgehead atoms. The Hall–Kier alpha value is -2.21. The van der Waals surface area contributed by atoms with Crippen molar-refractivity contribution in [1.29, 1.82) is 0 Å². The van der Waals surface area contributed by atoms with Crippen LogP contribution in [0.3, 0.4) is 0 Å². The molecule has 0 fully saturated rings. The third-order valence-corrected chi connectivity index (χ3v) is 4.74. The smallest absolute Gasteiger partial charge is 0.181 e. The van der Waals surface area contributed by atoms with Crippen molar-refractivity contribution in [1.82, 2.24) is 20.2 Å². The summed E-state index contributed by atoms with van der Waals surface area (Å²) in [5.74, 6) is 0.633. The fraction of sp³-hybridized carbons (Fsp3) is 0.250. The molecule has 0 saturated carbocycles. The molecule has 2 N–H and O–H groups in total. The van der Waals surface area contributed by atoms with Crippen LogP contribution in [-0.2, 0) is 10.8 Å². The molecule has 0 saturated heterocycles. The van der Waals surface area contributed by atoms with Crippen molar-refractivity contribution in [2.45, 2.75) is 25.2 Å². The molecule has 22 heavy (non-hydrogen) atoms. The van der Waals surface area contributed by atoms with Gasteiger partial charge in [0.15, 0.2) is 5.65 Å². The Kier molecular flexibility index (Phi) is 4.20. The third-order valence-electron chi connectivity index (χ3n) is 3.37. The summed E-state index contributed by atoms with van der Waals surface area (Å²) in [5.41, 5.74) is 3.68. The quantitative estimate of drug-likeness (QED) is 0.709. The molecule has 3 heterocycles. The van der Waals surface area contributed by atoms with Gasteiger partial charge in [-0.1, -0.05) is 11.6 Å². The standard InChI is InChI=1S/C16H18N4OS/c1-11(2)5-4-8-22(21)12-9-14(18-10-12)15-13-6-3-7-17-16(13)20-19-15/h3,5-7,9-10,18H,4,8H2,1-2H3,(H,17,19,20). The van der Waals surface area contributed by atoms with Crippen molar-refractivity contribution in [2.24, 2.45) is 0 Å². The number of fused-ring (bicyclic) bond motifs is 1. The van der Waals surface area contributed by atoms with Crippen LogP contribution in [0, 0.1) is 0 Å². The Balaban J connectivity index is 1.82. The molecule has 5 nitrogen and oxygen atoms in total. The number of nitrogens with zero attached hydrogens (tertiary/aromatic N) is 2. The van der Waals surface area contributed by atoms with E-state index in [4.69, 9.17) is 0 Å². The minimum atomic E-state index is -1.00. The first-order chi connectivity index (χ1) is 10.6. The largest absolute Gasteiger partial charge is 0.359 e. The second-order valence-electron chi connectivity index (χ2n) is 5.34. The normalized spacial score (nSPS) is 12.5. The third kappa shape index (κ3) is 3.01. The van der Waals surface area contributed by atoms with E-state index in [0.717, 1.165) is 28.1 Å². The van der Waals surface area contributed by atoms with E-state index in [-0.39, 0.29) is 0 Å². The van der Waals surface area contributed by atoms with Crippen LogP contribution >= 0.6 is 0 Å². The van der Waals surface area contributed by atoms with E-state index in [9.17, 15) is 4.21 Å². The van der Waals surface area contributed by atoms with Gasteiger partial charge in [-0.15, -0.1) is 0 Å². The Labute approximate surface area is 131 Å². The molecule has 0 aromatic carbocycles. The topological polar surface area (TPSA) is 74.4 Å². The van der Waals surface area contributed by atoms with Gasteiger partial charge in [0, 0.05) is 23.5 Å². The van der Waals surface area contributed by atoms with Gasteiger partial charge in [-0.05, 0) is 38.5 Å². The number of aromatic amines is 2. The summed E-state index contributed by atoms with van der Waals surface area (Å²) in [6.07, 6.45) is 6.45. The Morgan fingerprint density at radius 1 is 1.41 bits per heavy atom. The van der Waals surface area contributed by atoms with E-state index in [1.807, 2.05) is 18.2 Å². The average molecular weight is 314 g/mol. The Morgan fingerprint density at radius 2 is 2.27 bits per heavy atom. The van der Waals surface area contributed by atoms with Gasteiger partial charge < -0.3 is 4.98 Å². The Morgan fingerprint density at radius 3 is 3.09 bits per heavy atom. The van der Waals surface area contributed by atoms with E-state index in [1.165, 1.54) is 5.57 Å². The first kappa shape index (κ1) is 14.7. The van der Waals surface area contributed by atoms with Gasteiger partial charge in [0.05, 0.1) is 27.1 Å². The number of H-pyrrole nitrogens is 2. The zero-order chi connectivity index (χ0) is 15.5. The van der Waals surface area contributed by atoms with Crippen LogP contribution < -0.4 is 0 Å². The summed E-state index contributed by atoms with van der Waals surface area (Å²) in [7, 11) is -1.00. The van der Waals surface area contributed by atoms with Gasteiger partial charge in [0.2, 0.25) is 0 Å². The number of nitrogens with one attached hydrogen (secondary N) is 2. The maximum atomic E-state index is 12.3. The van der Waals surface area contributed by atoms with Crippen LogP contribution in [0.25, 0.3) is 22.4 Å². The predicted molar refractivity (Wildman–Crippen MR) is 89.0 cm³/mol. The first-order valence-electron chi connectivity index (χ1n) is 7.15. The van der Waals surface area contributed by atoms with Crippen molar-refractivity contribution in [2.75, 3.05) is 5.75 Å². The molecule has 3 aromatic heterocycles. The SMILES string of the molecule is CC(C)=CCCS(=O)c1c[nH]c(-c2[nH]nc3ncccc23)c1. The molecular weight excluding hydrogens is 296 g/mol. The molecule has 1 atom stereocenters. The van der Waals surface area contributed by atoms with Gasteiger partial charge in [0.25, 0.3) is 0 Å². The van der Waals surface area contributed by atoms with E-state index >= 15 is 0 Å². The molecule has 0 radical (unpaired) electrons. The number of aromatic nitrogens is 4. The molecule has 6 heteroatoms. The molecule has 0 aliphatic heterocycles. The molecule has 0 aliphatic rings. The molecule has 0 spiro atoms. The van der Waals surface area contributed by atoms with Crippen molar-refractivity contribution < 1.29 is 4.21 Å². The number of allylic oxidation sites excluding steroid dienone is 2. The maximum Gasteiger partial charge on any atom is 0.181 e. The lowest BCUT2D eigenvalue weighted by Crippen LogP contribution is -1.95. The molecule has 0 amide bonds. The highest BCUT2D eigenvalue weighted by Gasteiger charge is 2.12. The second kappa shape index (κ2) is 6.27. The Bertz CT molecular complexity index is 843. The minimum absolute atomic E-state index is 0.633. The molecule has 0 aliphatic carbocycles. The number of hydrogen-bond acceptors (Lipinski definition) is 3. The number of hydrogen-bond donors (Lipinski definition) is 2. The van der Waals surface area contributed by atoms with Crippen molar-refractivity contribution in [3.8, 4) is 11.4 Å². The highest BCUT2D eigenvalue weighted by Crippen LogP contribution is 2.25. The lowest BCUT2D eigenvalue weighted by atomic mass is 10.2. The zero-order valence-corrected chi connectivity index (χ0v) is 13.4. The number of rotatable bonds is 5. The zero-order valence-electron chi connectivity index (χ0n) is 12.6. The van der Waals surface area contributed by atoms with E-state index in [2.05, 4.69) is 40.1 Å². The lowest BCUT2D eigenvalue weighted by Gasteiger charge is -1.96. The van der Waals surface area contributed by atoms with Crippen LogP contribution in [0.1, 0.15) is 20.3 Å². The molecule has 3 rings (SSSR count). The lowest BCUT2D eigenvalue weighted by molar-refractivity contribution is 0.683. The number of pyridine rings is 1. The predicted octanol–water partition coefficient (Wildman–Crippen LogP) is 3.42. The summed E-state index contributed by atoms with van der Waals surface area (Å²) in [6.45, 7) is 4.10. The summed E-state index contributed by atoms with van der Waals surface area (Å²) in [6, 6.07) is 5.76. The van der Waals surface area contributed by atoms with Gasteiger partial charge >= 0.3 is 0 Å².